The number of amides is 2. The fraction of sp³-hybridized carbons (Fsp3) is 0.576. The maximum absolute atomic E-state index is 14.2. The fourth-order valence-corrected chi connectivity index (χ4v) is 9.75. The summed E-state index contributed by atoms with van der Waals surface area (Å²) in [4.78, 5) is 31.0. The number of hydrogen-bond donors (Lipinski definition) is 1. The van der Waals surface area contributed by atoms with Crippen LogP contribution in [0.15, 0.2) is 54.6 Å². The van der Waals surface area contributed by atoms with Crippen LogP contribution in [0.2, 0.25) is 0 Å². The molecule has 206 valence electrons. The zero-order chi connectivity index (χ0) is 26.8. The van der Waals surface area contributed by atoms with Crippen molar-refractivity contribution in [3.05, 3.63) is 71.3 Å². The van der Waals surface area contributed by atoms with Crippen LogP contribution in [0, 0.1) is 23.2 Å². The van der Waals surface area contributed by atoms with E-state index in [1.54, 1.807) is 0 Å². The zero-order valence-corrected chi connectivity index (χ0v) is 23.1. The molecule has 39 heavy (non-hydrogen) atoms. The van der Waals surface area contributed by atoms with E-state index in [4.69, 9.17) is 10.5 Å². The van der Waals surface area contributed by atoms with E-state index >= 15 is 0 Å². The van der Waals surface area contributed by atoms with Crippen molar-refractivity contribution in [2.45, 2.75) is 69.6 Å². The summed E-state index contributed by atoms with van der Waals surface area (Å²) in [5.41, 5.74) is 9.16. The van der Waals surface area contributed by atoms with Gasteiger partial charge in [0.1, 0.15) is 0 Å². The molecule has 6 aliphatic rings. The van der Waals surface area contributed by atoms with E-state index in [0.717, 1.165) is 50.9 Å². The topological polar surface area (TPSA) is 75.9 Å². The molecule has 0 radical (unpaired) electrons. The molecule has 6 nitrogen and oxygen atoms in total. The van der Waals surface area contributed by atoms with Gasteiger partial charge in [-0.05, 0) is 77.9 Å². The summed E-state index contributed by atoms with van der Waals surface area (Å²) in [6.45, 7) is 6.23. The van der Waals surface area contributed by atoms with E-state index in [-0.39, 0.29) is 34.9 Å². The summed E-state index contributed by atoms with van der Waals surface area (Å²) in [6.07, 6.45) is 6.15. The number of ether oxygens (including phenoxy) is 1. The summed E-state index contributed by atoms with van der Waals surface area (Å²) in [5, 5.41) is 0. The van der Waals surface area contributed by atoms with Crippen LogP contribution in [-0.4, -0.2) is 60.0 Å². The number of benzene rings is 2. The van der Waals surface area contributed by atoms with E-state index in [9.17, 15) is 9.59 Å². The minimum absolute atomic E-state index is 0.0235. The number of rotatable bonds is 6. The number of nitrogens with two attached hydrogens (primary N) is 1. The van der Waals surface area contributed by atoms with E-state index in [1.165, 1.54) is 17.5 Å². The van der Waals surface area contributed by atoms with Crippen molar-refractivity contribution >= 4 is 11.8 Å². The smallest absolute Gasteiger partial charge is 0.254 e. The van der Waals surface area contributed by atoms with Crippen LogP contribution in [0.25, 0.3) is 0 Å². The van der Waals surface area contributed by atoms with Gasteiger partial charge in [0, 0.05) is 44.7 Å². The second-order valence-electron chi connectivity index (χ2n) is 13.5. The average Bonchev–Trinajstić information content (AvgIpc) is 2.90. The number of fused-ring (bicyclic) bond motifs is 2. The molecule has 2 heterocycles. The number of primary amides is 1. The normalized spacial score (nSPS) is 37.2. The van der Waals surface area contributed by atoms with E-state index in [1.807, 2.05) is 12.1 Å². The lowest BCUT2D eigenvalue weighted by Crippen LogP contribution is -2.61. The van der Waals surface area contributed by atoms with Crippen LogP contribution in [0.4, 0.5) is 0 Å². The van der Waals surface area contributed by atoms with Crippen molar-refractivity contribution in [3.63, 3.8) is 0 Å². The van der Waals surface area contributed by atoms with Crippen LogP contribution in [0.3, 0.4) is 0 Å². The third-order valence-electron chi connectivity index (χ3n) is 11.0. The number of morpholine rings is 2. The molecule has 6 fully saturated rings. The Morgan fingerprint density at radius 3 is 2.41 bits per heavy atom. The minimum Gasteiger partial charge on any atom is -0.370 e. The molecule has 8 rings (SSSR count). The van der Waals surface area contributed by atoms with Gasteiger partial charge in [0.2, 0.25) is 5.91 Å². The van der Waals surface area contributed by atoms with Crippen LogP contribution in [0.1, 0.15) is 66.9 Å². The van der Waals surface area contributed by atoms with Crippen LogP contribution in [-0.2, 0) is 21.5 Å². The second kappa shape index (κ2) is 9.45. The molecule has 2 aromatic rings. The Kier molecular flexibility index (Phi) is 6.12. The Bertz CT molecular complexity index is 1250. The number of hydrogen-bond acceptors (Lipinski definition) is 4. The lowest BCUT2D eigenvalue weighted by molar-refractivity contribution is -0.141. The highest BCUT2D eigenvalue weighted by molar-refractivity contribution is 5.96. The van der Waals surface area contributed by atoms with Crippen LogP contribution >= 0.6 is 0 Å². The van der Waals surface area contributed by atoms with Gasteiger partial charge in [-0.15, -0.1) is 0 Å². The molecule has 6 heteroatoms. The highest BCUT2D eigenvalue weighted by atomic mass is 16.5. The lowest BCUT2D eigenvalue weighted by atomic mass is 9.39. The monoisotopic (exact) mass is 527 g/mol. The van der Waals surface area contributed by atoms with Gasteiger partial charge < -0.3 is 15.4 Å². The SMILES string of the molecule is CC1C2CC3CC(c4ccccc4C(=O)N4CC5CN(Cc6ccccc6)CC(C4)O5)(C2)CC1(CC(N)=O)C3. The van der Waals surface area contributed by atoms with Gasteiger partial charge >= 0.3 is 0 Å². The Hall–Kier alpha value is -2.70. The predicted molar refractivity (Wildman–Crippen MR) is 150 cm³/mol. The maximum Gasteiger partial charge on any atom is 0.254 e. The van der Waals surface area contributed by atoms with Gasteiger partial charge in [-0.2, -0.15) is 0 Å². The molecule has 4 saturated carbocycles. The maximum atomic E-state index is 14.2. The van der Waals surface area contributed by atoms with Gasteiger partial charge in [-0.3, -0.25) is 14.5 Å². The first-order valence-corrected chi connectivity index (χ1v) is 14.9. The van der Waals surface area contributed by atoms with Gasteiger partial charge in [0.05, 0.1) is 12.2 Å². The molecular weight excluding hydrogens is 486 g/mol. The summed E-state index contributed by atoms with van der Waals surface area (Å²) in [6, 6.07) is 19.0. The largest absolute Gasteiger partial charge is 0.370 e. The Labute approximate surface area is 231 Å². The molecule has 2 aromatic carbocycles. The molecule has 0 spiro atoms. The molecule has 4 aliphatic carbocycles. The van der Waals surface area contributed by atoms with Gasteiger partial charge in [-0.1, -0.05) is 55.5 Å². The molecule has 0 aromatic heterocycles. The second-order valence-corrected chi connectivity index (χ2v) is 13.5. The third-order valence-corrected chi connectivity index (χ3v) is 11.0. The predicted octanol–water partition coefficient (Wildman–Crippen LogP) is 4.37. The van der Waals surface area contributed by atoms with Crippen molar-refractivity contribution in [1.29, 1.82) is 0 Å². The quantitative estimate of drug-likeness (QED) is 0.605. The molecule has 2 aliphatic heterocycles. The number of carbonyl (C=O) groups is 2. The molecule has 7 atom stereocenters. The minimum atomic E-state index is -0.176. The van der Waals surface area contributed by atoms with Gasteiger partial charge in [-0.25, -0.2) is 0 Å². The summed E-state index contributed by atoms with van der Waals surface area (Å²) in [5.74, 6) is 1.70. The molecule has 6 bridgehead atoms. The first-order chi connectivity index (χ1) is 18.8. The summed E-state index contributed by atoms with van der Waals surface area (Å²) >= 11 is 0. The number of carbonyl (C=O) groups excluding carboxylic acids is 2. The fourth-order valence-electron chi connectivity index (χ4n) is 9.75. The van der Waals surface area contributed by atoms with Crippen molar-refractivity contribution in [2.75, 3.05) is 26.2 Å². The number of nitrogens with zero attached hydrogens (tertiary/aromatic N) is 2. The standard InChI is InChI=1S/C33H41N3O3/c1-22-25-11-24-12-32(22,15-30(34)37)21-33(13-24,14-25)29-10-6-5-9-28(29)31(38)36-19-26-17-35(18-27(20-36)39-26)16-23-7-3-2-4-8-23/h2-10,22,24-27H,11-21H2,1H3,(H2,34,37). The van der Waals surface area contributed by atoms with Crippen molar-refractivity contribution < 1.29 is 14.3 Å². The van der Waals surface area contributed by atoms with E-state index in [0.29, 0.717) is 37.3 Å². The van der Waals surface area contributed by atoms with Crippen molar-refractivity contribution in [2.24, 2.45) is 28.9 Å². The molecular formula is C33H41N3O3. The van der Waals surface area contributed by atoms with Crippen molar-refractivity contribution in [1.82, 2.24) is 9.80 Å². The Morgan fingerprint density at radius 2 is 1.67 bits per heavy atom. The molecule has 7 unspecified atom stereocenters. The third kappa shape index (κ3) is 4.40. The Morgan fingerprint density at radius 1 is 0.949 bits per heavy atom. The molecule has 2 saturated heterocycles. The lowest BCUT2D eigenvalue weighted by Gasteiger charge is -2.65. The van der Waals surface area contributed by atoms with Gasteiger partial charge in [0.25, 0.3) is 5.91 Å². The van der Waals surface area contributed by atoms with E-state index in [2.05, 4.69) is 59.2 Å². The molecule has 2 N–H and O–H groups in total. The molecule has 2 amide bonds. The van der Waals surface area contributed by atoms with E-state index < -0.39 is 0 Å². The first-order valence-electron chi connectivity index (χ1n) is 14.9. The van der Waals surface area contributed by atoms with Crippen LogP contribution in [0.5, 0.6) is 0 Å². The summed E-state index contributed by atoms with van der Waals surface area (Å²) in [7, 11) is 0. The van der Waals surface area contributed by atoms with Gasteiger partial charge in [0.15, 0.2) is 0 Å². The van der Waals surface area contributed by atoms with Crippen molar-refractivity contribution in [3.8, 4) is 0 Å². The zero-order valence-electron chi connectivity index (χ0n) is 23.1. The first kappa shape index (κ1) is 25.3. The highest BCUT2D eigenvalue weighted by Gasteiger charge is 2.62. The average molecular weight is 528 g/mol. The highest BCUT2D eigenvalue weighted by Crippen LogP contribution is 2.69. The van der Waals surface area contributed by atoms with Crippen LogP contribution < -0.4 is 5.73 Å². The Balaban J connectivity index is 1.13. The summed E-state index contributed by atoms with van der Waals surface area (Å²) < 4.78 is 6.32.